The molecule has 5 heteroatoms. The highest BCUT2D eigenvalue weighted by molar-refractivity contribution is 5.67. The summed E-state index contributed by atoms with van der Waals surface area (Å²) >= 11 is 0. The molecule has 0 heterocycles. The number of aliphatic hydroxyl groups is 2. The zero-order chi connectivity index (χ0) is 16.4. The van der Waals surface area contributed by atoms with Crippen LogP contribution in [0.3, 0.4) is 0 Å². The number of aliphatic hydroxyl groups excluding tert-OH is 2. The van der Waals surface area contributed by atoms with Gasteiger partial charge in [0.1, 0.15) is 12.7 Å². The molecule has 0 unspecified atom stereocenters. The fourth-order valence-corrected chi connectivity index (χ4v) is 1.81. The van der Waals surface area contributed by atoms with Crippen molar-refractivity contribution in [3.05, 3.63) is 61.2 Å². The van der Waals surface area contributed by atoms with Crippen LogP contribution in [0.25, 0.3) is 0 Å². The van der Waals surface area contributed by atoms with Gasteiger partial charge >= 0.3 is 6.09 Å². The van der Waals surface area contributed by atoms with Crippen molar-refractivity contribution < 1.29 is 19.7 Å². The molecule has 0 fully saturated rings. The van der Waals surface area contributed by atoms with Crippen molar-refractivity contribution in [2.75, 3.05) is 13.1 Å². The average Bonchev–Trinajstić information content (AvgIpc) is 2.56. The van der Waals surface area contributed by atoms with Gasteiger partial charge in [-0.1, -0.05) is 42.5 Å². The van der Waals surface area contributed by atoms with E-state index >= 15 is 0 Å². The van der Waals surface area contributed by atoms with Gasteiger partial charge in [0.2, 0.25) is 0 Å². The van der Waals surface area contributed by atoms with Gasteiger partial charge in [0.25, 0.3) is 0 Å². The molecule has 0 radical (unpaired) electrons. The van der Waals surface area contributed by atoms with Crippen molar-refractivity contribution in [1.82, 2.24) is 4.90 Å². The maximum absolute atomic E-state index is 12.1. The minimum atomic E-state index is -1.11. The van der Waals surface area contributed by atoms with E-state index in [9.17, 15) is 15.0 Å². The van der Waals surface area contributed by atoms with Crippen molar-refractivity contribution in [2.45, 2.75) is 25.2 Å². The van der Waals surface area contributed by atoms with Crippen LogP contribution in [0, 0.1) is 0 Å². The first-order chi connectivity index (χ1) is 10.6. The van der Waals surface area contributed by atoms with Crippen LogP contribution in [0.1, 0.15) is 12.0 Å². The number of benzene rings is 1. The second-order valence-electron chi connectivity index (χ2n) is 4.86. The maximum atomic E-state index is 12.1. The van der Waals surface area contributed by atoms with E-state index in [1.54, 1.807) is 6.08 Å². The Bertz CT molecular complexity index is 475. The Kier molecular flexibility index (Phi) is 7.96. The lowest BCUT2D eigenvalue weighted by atomic mass is 10.2. The topological polar surface area (TPSA) is 70.0 Å². The van der Waals surface area contributed by atoms with Gasteiger partial charge in [-0.3, -0.25) is 0 Å². The van der Waals surface area contributed by atoms with E-state index in [1.807, 2.05) is 30.3 Å². The van der Waals surface area contributed by atoms with Gasteiger partial charge in [-0.25, -0.2) is 4.79 Å². The van der Waals surface area contributed by atoms with Crippen molar-refractivity contribution in [3.63, 3.8) is 0 Å². The predicted molar refractivity (Wildman–Crippen MR) is 85.2 cm³/mol. The molecule has 0 spiro atoms. The van der Waals surface area contributed by atoms with E-state index in [4.69, 9.17) is 4.74 Å². The predicted octanol–water partition coefficient (Wildman–Crippen LogP) is 2.11. The van der Waals surface area contributed by atoms with Gasteiger partial charge in [0.05, 0.1) is 12.6 Å². The zero-order valence-corrected chi connectivity index (χ0v) is 12.6. The summed E-state index contributed by atoms with van der Waals surface area (Å²) in [5.41, 5.74) is 0.881. The number of amides is 1. The van der Waals surface area contributed by atoms with E-state index in [-0.39, 0.29) is 13.2 Å². The molecule has 0 aromatic heterocycles. The number of nitrogens with zero attached hydrogens (tertiary/aromatic N) is 1. The Labute approximate surface area is 131 Å². The third-order valence-corrected chi connectivity index (χ3v) is 3.11. The Balaban J connectivity index is 2.59. The van der Waals surface area contributed by atoms with E-state index in [0.717, 1.165) is 5.56 Å². The molecule has 22 heavy (non-hydrogen) atoms. The maximum Gasteiger partial charge on any atom is 0.410 e. The molecule has 0 aliphatic carbocycles. The summed E-state index contributed by atoms with van der Waals surface area (Å²) in [6.07, 6.45) is 0.734. The zero-order valence-electron chi connectivity index (χ0n) is 12.6. The second-order valence-corrected chi connectivity index (χ2v) is 4.86. The monoisotopic (exact) mass is 305 g/mol. The van der Waals surface area contributed by atoms with E-state index in [2.05, 4.69) is 13.2 Å². The van der Waals surface area contributed by atoms with Crippen LogP contribution in [0.15, 0.2) is 55.6 Å². The lowest BCUT2D eigenvalue weighted by Crippen LogP contribution is -2.42. The highest BCUT2D eigenvalue weighted by atomic mass is 16.6. The van der Waals surface area contributed by atoms with Gasteiger partial charge in [-0.2, -0.15) is 0 Å². The molecule has 0 aliphatic heterocycles. The van der Waals surface area contributed by atoms with Crippen LogP contribution in [0.2, 0.25) is 0 Å². The Morgan fingerprint density at radius 2 is 1.95 bits per heavy atom. The first-order valence-electron chi connectivity index (χ1n) is 7.13. The SMILES string of the molecule is C=CCCN(C[C@@H](O)[C@@H](O)C=C)C(=O)OCc1ccccc1. The van der Waals surface area contributed by atoms with Gasteiger partial charge in [-0.15, -0.1) is 13.2 Å². The summed E-state index contributed by atoms with van der Waals surface area (Å²) in [4.78, 5) is 13.5. The normalized spacial score (nSPS) is 13.0. The fourth-order valence-electron chi connectivity index (χ4n) is 1.81. The van der Waals surface area contributed by atoms with Crippen LogP contribution in [-0.2, 0) is 11.3 Å². The van der Waals surface area contributed by atoms with Gasteiger partial charge < -0.3 is 19.8 Å². The van der Waals surface area contributed by atoms with E-state index < -0.39 is 18.3 Å². The summed E-state index contributed by atoms with van der Waals surface area (Å²) in [6.45, 7) is 7.50. The molecule has 0 saturated carbocycles. The molecular weight excluding hydrogens is 282 g/mol. The summed E-state index contributed by atoms with van der Waals surface area (Å²) < 4.78 is 5.24. The smallest absolute Gasteiger partial charge is 0.410 e. The second kappa shape index (κ2) is 9.76. The van der Waals surface area contributed by atoms with Crippen molar-refractivity contribution in [2.24, 2.45) is 0 Å². The molecule has 1 aromatic rings. The van der Waals surface area contributed by atoms with Gasteiger partial charge in [0.15, 0.2) is 0 Å². The number of carbonyl (C=O) groups excluding carboxylic acids is 1. The Morgan fingerprint density at radius 1 is 1.27 bits per heavy atom. The first kappa shape index (κ1) is 17.9. The summed E-state index contributed by atoms with van der Waals surface area (Å²) in [5, 5.41) is 19.3. The molecule has 0 saturated heterocycles. The molecule has 0 aliphatic rings. The fraction of sp³-hybridized carbons (Fsp3) is 0.353. The van der Waals surface area contributed by atoms with Crippen LogP contribution < -0.4 is 0 Å². The quantitative estimate of drug-likeness (QED) is 0.686. The molecular formula is C17H23NO4. The lowest BCUT2D eigenvalue weighted by molar-refractivity contribution is 0.0176. The highest BCUT2D eigenvalue weighted by Gasteiger charge is 2.21. The number of rotatable bonds is 9. The van der Waals surface area contributed by atoms with Crippen molar-refractivity contribution in [1.29, 1.82) is 0 Å². The molecule has 5 nitrogen and oxygen atoms in total. The largest absolute Gasteiger partial charge is 0.445 e. The number of carbonyl (C=O) groups is 1. The number of hydrogen-bond acceptors (Lipinski definition) is 4. The van der Waals surface area contributed by atoms with Crippen LogP contribution in [-0.4, -0.2) is 46.5 Å². The minimum absolute atomic E-state index is 0.0331. The molecule has 1 rings (SSSR count). The summed E-state index contributed by atoms with van der Waals surface area (Å²) in [7, 11) is 0. The van der Waals surface area contributed by atoms with Crippen molar-refractivity contribution in [3.8, 4) is 0 Å². The van der Waals surface area contributed by atoms with Crippen LogP contribution >= 0.6 is 0 Å². The van der Waals surface area contributed by atoms with Crippen molar-refractivity contribution >= 4 is 6.09 Å². The summed E-state index contributed by atoms with van der Waals surface area (Å²) in [5.74, 6) is 0. The lowest BCUT2D eigenvalue weighted by Gasteiger charge is -2.25. The Morgan fingerprint density at radius 3 is 2.55 bits per heavy atom. The van der Waals surface area contributed by atoms with Crippen LogP contribution in [0.5, 0.6) is 0 Å². The summed E-state index contributed by atoms with van der Waals surface area (Å²) in [6, 6.07) is 9.33. The van der Waals surface area contributed by atoms with Crippen LogP contribution in [0.4, 0.5) is 4.79 Å². The number of hydrogen-bond donors (Lipinski definition) is 2. The molecule has 120 valence electrons. The van der Waals surface area contributed by atoms with Gasteiger partial charge in [-0.05, 0) is 12.0 Å². The molecule has 2 atom stereocenters. The molecule has 1 aromatic carbocycles. The van der Waals surface area contributed by atoms with E-state index in [1.165, 1.54) is 11.0 Å². The molecule has 2 N–H and O–H groups in total. The highest BCUT2D eigenvalue weighted by Crippen LogP contribution is 2.06. The van der Waals surface area contributed by atoms with E-state index in [0.29, 0.717) is 13.0 Å². The third-order valence-electron chi connectivity index (χ3n) is 3.11. The Hall–Kier alpha value is -2.11. The van der Waals surface area contributed by atoms with Gasteiger partial charge in [0, 0.05) is 6.54 Å². The third kappa shape index (κ3) is 6.11. The first-order valence-corrected chi connectivity index (χ1v) is 7.13. The molecule has 1 amide bonds. The number of ether oxygens (including phenoxy) is 1. The average molecular weight is 305 g/mol. The standard InChI is InChI=1S/C17H23NO4/c1-3-5-11-18(12-16(20)15(19)4-2)17(21)22-13-14-9-7-6-8-10-14/h3-4,6-10,15-16,19-20H,1-2,5,11-13H2/t15-,16+/m0/s1. The minimum Gasteiger partial charge on any atom is -0.445 e. The molecule has 0 bridgehead atoms.